The topological polar surface area (TPSA) is 61.4 Å². The van der Waals surface area contributed by atoms with Crippen molar-refractivity contribution in [2.24, 2.45) is 0 Å². The van der Waals surface area contributed by atoms with Crippen molar-refractivity contribution in [3.8, 4) is 0 Å². The molecule has 0 bridgehead atoms. The predicted molar refractivity (Wildman–Crippen MR) is 67.9 cm³/mol. The summed E-state index contributed by atoms with van der Waals surface area (Å²) in [6.45, 7) is 0.659. The van der Waals surface area contributed by atoms with Gasteiger partial charge in [-0.05, 0) is 30.2 Å². The summed E-state index contributed by atoms with van der Waals surface area (Å²) in [5.41, 5.74) is 1.41. The summed E-state index contributed by atoms with van der Waals surface area (Å²) < 4.78 is 0.972. The first-order chi connectivity index (χ1) is 8.15. The zero-order valence-corrected chi connectivity index (χ0v) is 10.8. The minimum atomic E-state index is -0.507. The van der Waals surface area contributed by atoms with E-state index in [1.54, 1.807) is 0 Å². The third-order valence-electron chi connectivity index (χ3n) is 3.69. The van der Waals surface area contributed by atoms with E-state index >= 15 is 0 Å². The lowest BCUT2D eigenvalue weighted by molar-refractivity contribution is -0.120. The summed E-state index contributed by atoms with van der Waals surface area (Å²) in [4.78, 5) is 12.2. The number of amides is 1. The molecule has 2 aliphatic heterocycles. The Morgan fingerprint density at radius 3 is 3.06 bits per heavy atom. The maximum Gasteiger partial charge on any atom is 0.236 e. The van der Waals surface area contributed by atoms with E-state index in [0.717, 1.165) is 15.7 Å². The number of nitrogens with one attached hydrogen (secondary N) is 2. The molecule has 0 radical (unpaired) electrons. The number of aliphatic hydroxyl groups excluding tert-OH is 1. The molecule has 2 heterocycles. The van der Waals surface area contributed by atoms with E-state index < -0.39 is 5.41 Å². The molecule has 0 saturated carbocycles. The third-order valence-corrected chi connectivity index (χ3v) is 4.18. The average Bonchev–Trinajstić information content (AvgIpc) is 2.86. The average molecular weight is 297 g/mol. The first-order valence-electron chi connectivity index (χ1n) is 5.61. The van der Waals surface area contributed by atoms with Gasteiger partial charge < -0.3 is 15.7 Å². The lowest BCUT2D eigenvalue weighted by atomic mass is 9.80. The Hall–Kier alpha value is -0.910. The number of benzene rings is 1. The van der Waals surface area contributed by atoms with Gasteiger partial charge in [0.1, 0.15) is 0 Å². The van der Waals surface area contributed by atoms with Gasteiger partial charge >= 0.3 is 0 Å². The van der Waals surface area contributed by atoms with E-state index in [4.69, 9.17) is 0 Å². The van der Waals surface area contributed by atoms with Crippen LogP contribution in [0.25, 0.3) is 0 Å². The molecule has 1 amide bonds. The molecule has 4 nitrogen and oxygen atoms in total. The zero-order valence-electron chi connectivity index (χ0n) is 9.16. The minimum Gasteiger partial charge on any atom is -0.395 e. The number of aliphatic hydroxyl groups is 1. The molecule has 3 N–H and O–H groups in total. The molecule has 17 heavy (non-hydrogen) atoms. The van der Waals surface area contributed by atoms with E-state index in [9.17, 15) is 9.90 Å². The molecule has 3 rings (SSSR count). The van der Waals surface area contributed by atoms with Crippen molar-refractivity contribution in [3.63, 3.8) is 0 Å². The number of rotatable bonds is 1. The fraction of sp³-hybridized carbons (Fsp3) is 0.417. The predicted octanol–water partition coefficient (Wildman–Crippen LogP) is 0.993. The molecule has 1 saturated heterocycles. The van der Waals surface area contributed by atoms with Crippen LogP contribution >= 0.6 is 15.9 Å². The van der Waals surface area contributed by atoms with E-state index in [2.05, 4.69) is 26.6 Å². The van der Waals surface area contributed by atoms with Crippen molar-refractivity contribution < 1.29 is 9.90 Å². The summed E-state index contributed by atoms with van der Waals surface area (Å²) >= 11 is 3.44. The van der Waals surface area contributed by atoms with E-state index in [0.29, 0.717) is 13.0 Å². The highest BCUT2D eigenvalue weighted by Gasteiger charge is 2.51. The summed E-state index contributed by atoms with van der Waals surface area (Å²) in [5, 5.41) is 15.3. The van der Waals surface area contributed by atoms with Crippen molar-refractivity contribution in [1.29, 1.82) is 0 Å². The van der Waals surface area contributed by atoms with Gasteiger partial charge in [-0.3, -0.25) is 4.79 Å². The van der Waals surface area contributed by atoms with Gasteiger partial charge in [-0.2, -0.15) is 0 Å². The van der Waals surface area contributed by atoms with Gasteiger partial charge in [-0.1, -0.05) is 15.9 Å². The number of hydrogen-bond acceptors (Lipinski definition) is 3. The smallest absolute Gasteiger partial charge is 0.236 e. The number of anilines is 1. The van der Waals surface area contributed by atoms with Gasteiger partial charge in [0.25, 0.3) is 0 Å². The lowest BCUT2D eigenvalue weighted by Gasteiger charge is -2.20. The summed E-state index contributed by atoms with van der Waals surface area (Å²) in [7, 11) is 0. The van der Waals surface area contributed by atoms with Gasteiger partial charge in [0, 0.05) is 22.7 Å². The van der Waals surface area contributed by atoms with Crippen molar-refractivity contribution >= 4 is 27.5 Å². The van der Waals surface area contributed by atoms with Crippen LogP contribution in [0.15, 0.2) is 22.7 Å². The Balaban J connectivity index is 2.07. The Kier molecular flexibility index (Phi) is 2.50. The van der Waals surface area contributed by atoms with Crippen molar-refractivity contribution in [3.05, 3.63) is 28.2 Å². The number of halogens is 1. The molecule has 2 aliphatic rings. The van der Waals surface area contributed by atoms with Gasteiger partial charge in [0.2, 0.25) is 5.91 Å². The Morgan fingerprint density at radius 1 is 1.53 bits per heavy atom. The Morgan fingerprint density at radius 2 is 2.35 bits per heavy atom. The standard InChI is InChI=1S/C12H13BrN2O2/c13-7-1-2-10-9(3-7)12(11(17)15-10)4-8(5-16)14-6-12/h1-3,8,14,16H,4-6H2,(H,15,17)/t8-,12-/m0/s1. The number of fused-ring (bicyclic) bond motifs is 2. The maximum atomic E-state index is 12.2. The van der Waals surface area contributed by atoms with Crippen molar-refractivity contribution in [2.75, 3.05) is 18.5 Å². The van der Waals surface area contributed by atoms with Gasteiger partial charge in [0.15, 0.2) is 0 Å². The molecule has 1 aromatic rings. The first kappa shape index (κ1) is 11.2. The van der Waals surface area contributed by atoms with Crippen LogP contribution in [0.4, 0.5) is 5.69 Å². The van der Waals surface area contributed by atoms with Crippen LogP contribution in [0.1, 0.15) is 12.0 Å². The van der Waals surface area contributed by atoms with Gasteiger partial charge in [0.05, 0.1) is 12.0 Å². The second-order valence-corrected chi connectivity index (χ2v) is 5.61. The monoisotopic (exact) mass is 296 g/mol. The van der Waals surface area contributed by atoms with Crippen LogP contribution in [0.2, 0.25) is 0 Å². The Labute approximate surface area is 108 Å². The molecule has 90 valence electrons. The largest absolute Gasteiger partial charge is 0.395 e. The molecular weight excluding hydrogens is 284 g/mol. The number of hydrogen-bond donors (Lipinski definition) is 3. The van der Waals surface area contributed by atoms with Gasteiger partial charge in [-0.25, -0.2) is 0 Å². The number of carbonyl (C=O) groups is 1. The second kappa shape index (κ2) is 3.80. The van der Waals surface area contributed by atoms with Gasteiger partial charge in [-0.15, -0.1) is 0 Å². The molecule has 1 spiro atoms. The number of carbonyl (C=O) groups excluding carboxylic acids is 1. The molecule has 1 fully saturated rings. The molecule has 0 aromatic heterocycles. The normalized spacial score (nSPS) is 30.7. The van der Waals surface area contributed by atoms with E-state index in [1.165, 1.54) is 0 Å². The maximum absolute atomic E-state index is 12.2. The molecule has 0 aliphatic carbocycles. The summed E-state index contributed by atoms with van der Waals surface area (Å²) in [6, 6.07) is 5.84. The summed E-state index contributed by atoms with van der Waals surface area (Å²) in [6.07, 6.45) is 0.652. The zero-order chi connectivity index (χ0) is 12.0. The summed E-state index contributed by atoms with van der Waals surface area (Å²) in [5.74, 6) is 0.0362. The highest BCUT2D eigenvalue weighted by molar-refractivity contribution is 9.10. The molecule has 2 atom stereocenters. The van der Waals surface area contributed by atoms with Crippen LogP contribution in [-0.2, 0) is 10.2 Å². The molecule has 5 heteroatoms. The highest BCUT2D eigenvalue weighted by atomic mass is 79.9. The van der Waals surface area contributed by atoms with Crippen LogP contribution in [0.3, 0.4) is 0 Å². The lowest BCUT2D eigenvalue weighted by Crippen LogP contribution is -2.36. The third kappa shape index (κ3) is 1.53. The first-order valence-corrected chi connectivity index (χ1v) is 6.41. The van der Waals surface area contributed by atoms with E-state index in [1.807, 2.05) is 18.2 Å². The Bertz CT molecular complexity index is 491. The quantitative estimate of drug-likeness (QED) is 0.724. The fourth-order valence-corrected chi connectivity index (χ4v) is 3.14. The molecule has 0 unspecified atom stereocenters. The second-order valence-electron chi connectivity index (χ2n) is 4.69. The molecular formula is C12H13BrN2O2. The van der Waals surface area contributed by atoms with Crippen LogP contribution in [-0.4, -0.2) is 30.2 Å². The SMILES string of the molecule is O=C1Nc2ccc(Br)cc2[C@]12CN[C@H](CO)C2. The molecule has 1 aromatic carbocycles. The fourth-order valence-electron chi connectivity index (χ4n) is 2.78. The minimum absolute atomic E-state index is 0.00526. The highest BCUT2D eigenvalue weighted by Crippen LogP contribution is 2.44. The van der Waals surface area contributed by atoms with Crippen LogP contribution in [0, 0.1) is 0 Å². The van der Waals surface area contributed by atoms with Crippen LogP contribution < -0.4 is 10.6 Å². The van der Waals surface area contributed by atoms with Crippen LogP contribution in [0.5, 0.6) is 0 Å². The van der Waals surface area contributed by atoms with Crippen molar-refractivity contribution in [2.45, 2.75) is 17.9 Å². The van der Waals surface area contributed by atoms with Crippen molar-refractivity contribution in [1.82, 2.24) is 5.32 Å². The van der Waals surface area contributed by atoms with E-state index in [-0.39, 0.29) is 18.6 Å².